The van der Waals surface area contributed by atoms with Gasteiger partial charge in [0.1, 0.15) is 5.82 Å². The summed E-state index contributed by atoms with van der Waals surface area (Å²) in [6.07, 6.45) is 0. The lowest BCUT2D eigenvalue weighted by molar-refractivity contribution is -0.384. The van der Waals surface area contributed by atoms with Crippen molar-refractivity contribution < 1.29 is 9.72 Å². The maximum Gasteiger partial charge on any atom is 0.270 e. The highest BCUT2D eigenvalue weighted by molar-refractivity contribution is 5.95. The molecule has 3 aromatic rings. The van der Waals surface area contributed by atoms with Crippen LogP contribution in [0.15, 0.2) is 53.3 Å². The summed E-state index contributed by atoms with van der Waals surface area (Å²) in [7, 11) is 0. The van der Waals surface area contributed by atoms with Crippen molar-refractivity contribution in [1.29, 1.82) is 0 Å². The van der Waals surface area contributed by atoms with E-state index in [0.29, 0.717) is 16.7 Å². The highest BCUT2D eigenvalue weighted by Gasteiger charge is 2.22. The van der Waals surface area contributed by atoms with Crippen LogP contribution in [0.25, 0.3) is 10.9 Å². The Morgan fingerprint density at radius 3 is 2.67 bits per heavy atom. The van der Waals surface area contributed by atoms with Gasteiger partial charge >= 0.3 is 0 Å². The van der Waals surface area contributed by atoms with Crippen molar-refractivity contribution in [2.45, 2.75) is 26.4 Å². The fraction of sp³-hybridized carbons (Fsp3) is 0.211. The van der Waals surface area contributed by atoms with E-state index in [9.17, 15) is 19.7 Å². The first-order valence-electron chi connectivity index (χ1n) is 8.40. The minimum Gasteiger partial charge on any atom is -0.329 e. The molecule has 0 bridgehead atoms. The van der Waals surface area contributed by atoms with Crippen LogP contribution in [0.5, 0.6) is 0 Å². The minimum absolute atomic E-state index is 0.0826. The summed E-state index contributed by atoms with van der Waals surface area (Å²) in [6.45, 7) is 3.74. The Morgan fingerprint density at radius 2 is 1.96 bits per heavy atom. The van der Waals surface area contributed by atoms with Crippen LogP contribution >= 0.6 is 0 Å². The zero-order valence-electron chi connectivity index (χ0n) is 14.9. The number of H-pyrrole nitrogens is 1. The molecule has 0 atom stereocenters. The first kappa shape index (κ1) is 18.2. The number of para-hydroxylation sites is 1. The molecule has 0 unspecified atom stereocenters. The van der Waals surface area contributed by atoms with Gasteiger partial charge in [0.15, 0.2) is 0 Å². The maximum atomic E-state index is 12.9. The van der Waals surface area contributed by atoms with Crippen LogP contribution in [0.1, 0.15) is 30.0 Å². The Bertz CT molecular complexity index is 1070. The van der Waals surface area contributed by atoms with Crippen molar-refractivity contribution in [3.05, 3.63) is 80.4 Å². The molecule has 0 saturated heterocycles. The molecule has 2 aromatic carbocycles. The summed E-state index contributed by atoms with van der Waals surface area (Å²) < 4.78 is 0. The molecule has 27 heavy (non-hydrogen) atoms. The molecule has 138 valence electrons. The van der Waals surface area contributed by atoms with Crippen LogP contribution in [-0.4, -0.2) is 31.7 Å². The summed E-state index contributed by atoms with van der Waals surface area (Å²) in [5, 5.41) is 11.4. The smallest absolute Gasteiger partial charge is 0.270 e. The molecule has 0 radical (unpaired) electrons. The molecule has 0 aliphatic heterocycles. The van der Waals surface area contributed by atoms with Crippen LogP contribution in [0.2, 0.25) is 0 Å². The Balaban J connectivity index is 1.95. The molecule has 0 aliphatic rings. The average Bonchev–Trinajstić information content (AvgIpc) is 2.65. The van der Waals surface area contributed by atoms with E-state index in [2.05, 4.69) is 9.97 Å². The van der Waals surface area contributed by atoms with Gasteiger partial charge < -0.3 is 9.88 Å². The molecular formula is C19H18N4O4. The lowest BCUT2D eigenvalue weighted by Crippen LogP contribution is -2.37. The second-order valence-electron chi connectivity index (χ2n) is 6.36. The van der Waals surface area contributed by atoms with Crippen molar-refractivity contribution >= 4 is 22.5 Å². The molecule has 8 heteroatoms. The van der Waals surface area contributed by atoms with E-state index in [4.69, 9.17) is 0 Å². The Labute approximate surface area is 154 Å². The van der Waals surface area contributed by atoms with Gasteiger partial charge in [0, 0.05) is 23.7 Å². The second-order valence-corrected chi connectivity index (χ2v) is 6.36. The summed E-state index contributed by atoms with van der Waals surface area (Å²) in [5.74, 6) is -0.0179. The van der Waals surface area contributed by atoms with Gasteiger partial charge in [0.2, 0.25) is 0 Å². The van der Waals surface area contributed by atoms with Crippen LogP contribution in [-0.2, 0) is 6.54 Å². The fourth-order valence-electron chi connectivity index (χ4n) is 2.78. The predicted molar refractivity (Wildman–Crippen MR) is 100 cm³/mol. The lowest BCUT2D eigenvalue weighted by Gasteiger charge is -2.26. The standard InChI is InChI=1S/C19H18N4O4/c1-12(2)22(19(25)13-6-5-7-14(10-13)23(26)27)11-17-20-16-9-4-3-8-15(16)18(24)21-17/h3-10,12H,11H2,1-2H3,(H,20,21,24). The van der Waals surface area contributed by atoms with Gasteiger partial charge in [-0.05, 0) is 32.0 Å². The first-order chi connectivity index (χ1) is 12.9. The summed E-state index contributed by atoms with van der Waals surface area (Å²) in [6, 6.07) is 12.3. The molecule has 1 amide bonds. The second kappa shape index (κ2) is 7.36. The van der Waals surface area contributed by atoms with Gasteiger partial charge in [0.25, 0.3) is 17.2 Å². The zero-order valence-corrected chi connectivity index (χ0v) is 14.9. The first-order valence-corrected chi connectivity index (χ1v) is 8.40. The Kier molecular flexibility index (Phi) is 4.98. The minimum atomic E-state index is -0.543. The largest absolute Gasteiger partial charge is 0.329 e. The molecule has 1 N–H and O–H groups in total. The SMILES string of the molecule is CC(C)N(Cc1nc2ccccc2c(=O)[nH]1)C(=O)c1cccc([N+](=O)[O-])c1. The van der Waals surface area contributed by atoms with Gasteiger partial charge in [-0.25, -0.2) is 4.98 Å². The Morgan fingerprint density at radius 1 is 1.22 bits per heavy atom. The molecule has 0 fully saturated rings. The van der Waals surface area contributed by atoms with Gasteiger partial charge in [-0.2, -0.15) is 0 Å². The number of nitrogens with one attached hydrogen (secondary N) is 1. The number of fused-ring (bicyclic) bond motifs is 1. The number of benzene rings is 2. The number of nitrogens with zero attached hydrogens (tertiary/aromatic N) is 3. The van der Waals surface area contributed by atoms with Crippen LogP contribution in [0.4, 0.5) is 5.69 Å². The van der Waals surface area contributed by atoms with E-state index in [1.54, 1.807) is 24.3 Å². The molecule has 0 saturated carbocycles. The summed E-state index contributed by atoms with van der Waals surface area (Å²) >= 11 is 0. The van der Waals surface area contributed by atoms with Crippen molar-refractivity contribution in [2.24, 2.45) is 0 Å². The van der Waals surface area contributed by atoms with Crippen molar-refractivity contribution in [1.82, 2.24) is 14.9 Å². The number of aromatic amines is 1. The molecule has 0 aliphatic carbocycles. The maximum absolute atomic E-state index is 12.9. The highest BCUT2D eigenvalue weighted by Crippen LogP contribution is 2.17. The Hall–Kier alpha value is -3.55. The third-order valence-electron chi connectivity index (χ3n) is 4.17. The number of rotatable bonds is 5. The molecular weight excluding hydrogens is 348 g/mol. The van der Waals surface area contributed by atoms with E-state index in [1.165, 1.54) is 29.2 Å². The third-order valence-corrected chi connectivity index (χ3v) is 4.17. The van der Waals surface area contributed by atoms with Crippen LogP contribution < -0.4 is 5.56 Å². The molecule has 1 heterocycles. The molecule has 3 rings (SSSR count). The molecule has 0 spiro atoms. The number of non-ortho nitro benzene ring substituents is 1. The predicted octanol–water partition coefficient (Wildman–Crippen LogP) is 2.88. The quantitative estimate of drug-likeness (QED) is 0.551. The number of hydrogen-bond donors (Lipinski definition) is 1. The van der Waals surface area contributed by atoms with Crippen LogP contribution in [0, 0.1) is 10.1 Å². The number of amides is 1. The number of carbonyl (C=O) groups is 1. The summed E-state index contributed by atoms with van der Waals surface area (Å²) in [5.41, 5.74) is 0.327. The normalized spacial score (nSPS) is 10.9. The van der Waals surface area contributed by atoms with E-state index in [1.807, 2.05) is 13.8 Å². The average molecular weight is 366 g/mol. The highest BCUT2D eigenvalue weighted by atomic mass is 16.6. The zero-order chi connectivity index (χ0) is 19.6. The monoisotopic (exact) mass is 366 g/mol. The number of hydrogen-bond acceptors (Lipinski definition) is 5. The molecule has 1 aromatic heterocycles. The van der Waals surface area contributed by atoms with E-state index in [-0.39, 0.29) is 35.3 Å². The fourth-order valence-corrected chi connectivity index (χ4v) is 2.78. The number of carbonyl (C=O) groups excluding carboxylic acids is 1. The topological polar surface area (TPSA) is 109 Å². The lowest BCUT2D eigenvalue weighted by atomic mass is 10.1. The van der Waals surface area contributed by atoms with Crippen molar-refractivity contribution in [2.75, 3.05) is 0 Å². The van der Waals surface area contributed by atoms with E-state index >= 15 is 0 Å². The molecule has 8 nitrogen and oxygen atoms in total. The van der Waals surface area contributed by atoms with E-state index < -0.39 is 4.92 Å². The van der Waals surface area contributed by atoms with E-state index in [0.717, 1.165) is 0 Å². The van der Waals surface area contributed by atoms with Crippen LogP contribution in [0.3, 0.4) is 0 Å². The van der Waals surface area contributed by atoms with Crippen molar-refractivity contribution in [3.63, 3.8) is 0 Å². The number of aromatic nitrogens is 2. The van der Waals surface area contributed by atoms with Gasteiger partial charge in [-0.15, -0.1) is 0 Å². The van der Waals surface area contributed by atoms with Gasteiger partial charge in [-0.3, -0.25) is 19.7 Å². The van der Waals surface area contributed by atoms with Gasteiger partial charge in [-0.1, -0.05) is 18.2 Å². The number of nitro groups is 1. The van der Waals surface area contributed by atoms with Gasteiger partial charge in [0.05, 0.1) is 22.4 Å². The third kappa shape index (κ3) is 3.84. The number of nitro benzene ring substituents is 1. The van der Waals surface area contributed by atoms with Crippen molar-refractivity contribution in [3.8, 4) is 0 Å². The summed E-state index contributed by atoms with van der Waals surface area (Å²) in [4.78, 5) is 44.2.